The lowest BCUT2D eigenvalue weighted by molar-refractivity contribution is -0.118. The minimum atomic E-state index is 0.803. The van der Waals surface area contributed by atoms with Crippen molar-refractivity contribution in [2.75, 3.05) is 31.1 Å². The number of anilines is 1. The number of pyridine rings is 1. The van der Waals surface area contributed by atoms with Gasteiger partial charge in [0.2, 0.25) is 6.41 Å². The molecule has 0 N–H and O–H groups in total. The normalized spacial score (nSPS) is 16.6. The summed E-state index contributed by atoms with van der Waals surface area (Å²) >= 11 is 0. The maximum Gasteiger partial charge on any atom is 0.209 e. The van der Waals surface area contributed by atoms with Gasteiger partial charge >= 0.3 is 0 Å². The zero-order valence-electron chi connectivity index (χ0n) is 8.89. The highest BCUT2D eigenvalue weighted by molar-refractivity contribution is 5.50. The van der Waals surface area contributed by atoms with Crippen LogP contribution in [0, 0.1) is 6.92 Å². The smallest absolute Gasteiger partial charge is 0.209 e. The van der Waals surface area contributed by atoms with Gasteiger partial charge in [-0.2, -0.15) is 0 Å². The van der Waals surface area contributed by atoms with Crippen molar-refractivity contribution in [2.24, 2.45) is 0 Å². The zero-order valence-corrected chi connectivity index (χ0v) is 8.89. The molecule has 4 nitrogen and oxygen atoms in total. The molecule has 0 aliphatic carbocycles. The summed E-state index contributed by atoms with van der Waals surface area (Å²) in [5.41, 5.74) is 2.18. The van der Waals surface area contributed by atoms with Crippen molar-refractivity contribution in [2.45, 2.75) is 6.92 Å². The van der Waals surface area contributed by atoms with E-state index in [0.717, 1.165) is 44.0 Å². The Bertz CT molecular complexity index is 328. The van der Waals surface area contributed by atoms with Crippen molar-refractivity contribution < 1.29 is 4.79 Å². The van der Waals surface area contributed by atoms with Crippen LogP contribution in [0.5, 0.6) is 0 Å². The minimum Gasteiger partial charge on any atom is -0.367 e. The van der Waals surface area contributed by atoms with E-state index in [1.165, 1.54) is 0 Å². The van der Waals surface area contributed by atoms with Crippen LogP contribution in [0.15, 0.2) is 18.3 Å². The average Bonchev–Trinajstić information content (AvgIpc) is 2.30. The second-order valence-corrected chi connectivity index (χ2v) is 3.79. The number of aromatic nitrogens is 1. The number of hydrogen-bond donors (Lipinski definition) is 0. The molecular formula is C11H15N3O. The molecule has 0 spiro atoms. The van der Waals surface area contributed by atoms with E-state index in [1.54, 1.807) is 4.90 Å². The molecule has 1 aromatic rings. The highest BCUT2D eigenvalue weighted by Crippen LogP contribution is 2.14. The average molecular weight is 205 g/mol. The number of carbonyl (C=O) groups is 1. The molecule has 1 amide bonds. The molecule has 0 bridgehead atoms. The lowest BCUT2D eigenvalue weighted by Gasteiger charge is -2.33. The van der Waals surface area contributed by atoms with Crippen LogP contribution in [0.1, 0.15) is 5.69 Å². The van der Waals surface area contributed by atoms with E-state index in [0.29, 0.717) is 0 Å². The van der Waals surface area contributed by atoms with Gasteiger partial charge in [0.1, 0.15) is 0 Å². The lowest BCUT2D eigenvalue weighted by Crippen LogP contribution is -2.45. The summed E-state index contributed by atoms with van der Waals surface area (Å²) in [6, 6.07) is 4.10. The molecule has 4 heteroatoms. The predicted molar refractivity (Wildman–Crippen MR) is 58.8 cm³/mol. The van der Waals surface area contributed by atoms with E-state index >= 15 is 0 Å². The number of piperazine rings is 1. The summed E-state index contributed by atoms with van der Waals surface area (Å²) in [5, 5.41) is 0. The fourth-order valence-electron chi connectivity index (χ4n) is 1.73. The molecule has 0 radical (unpaired) electrons. The van der Waals surface area contributed by atoms with Crippen molar-refractivity contribution >= 4 is 12.1 Å². The molecule has 1 fully saturated rings. The maximum absolute atomic E-state index is 10.5. The van der Waals surface area contributed by atoms with Gasteiger partial charge in [-0.1, -0.05) is 0 Å². The summed E-state index contributed by atoms with van der Waals surface area (Å²) in [7, 11) is 0. The Morgan fingerprint density at radius 2 is 2.00 bits per heavy atom. The van der Waals surface area contributed by atoms with Gasteiger partial charge in [-0.05, 0) is 19.1 Å². The molecule has 1 saturated heterocycles. The molecular weight excluding hydrogens is 190 g/mol. The van der Waals surface area contributed by atoms with E-state index in [9.17, 15) is 4.79 Å². The largest absolute Gasteiger partial charge is 0.367 e. The van der Waals surface area contributed by atoms with Gasteiger partial charge < -0.3 is 9.80 Å². The van der Waals surface area contributed by atoms with Crippen LogP contribution in [-0.2, 0) is 4.79 Å². The summed E-state index contributed by atoms with van der Waals surface area (Å²) in [6.07, 6.45) is 2.82. The third kappa shape index (κ3) is 2.26. The quantitative estimate of drug-likeness (QED) is 0.666. The van der Waals surface area contributed by atoms with Crippen molar-refractivity contribution in [1.82, 2.24) is 9.88 Å². The van der Waals surface area contributed by atoms with Gasteiger partial charge in [-0.3, -0.25) is 9.78 Å². The number of rotatable bonds is 2. The second-order valence-electron chi connectivity index (χ2n) is 3.79. The standard InChI is InChI=1S/C11H15N3O/c1-10-2-3-11(8-12-10)14-6-4-13(9-15)5-7-14/h2-3,8-9H,4-7H2,1H3. The zero-order chi connectivity index (χ0) is 10.7. The Balaban J connectivity index is 2.01. The first-order chi connectivity index (χ1) is 7.29. The van der Waals surface area contributed by atoms with Crippen LogP contribution in [0.2, 0.25) is 0 Å². The van der Waals surface area contributed by atoms with Crippen LogP contribution in [0.4, 0.5) is 5.69 Å². The van der Waals surface area contributed by atoms with E-state index in [4.69, 9.17) is 0 Å². The first-order valence-corrected chi connectivity index (χ1v) is 5.16. The molecule has 0 unspecified atom stereocenters. The van der Waals surface area contributed by atoms with Crippen molar-refractivity contribution in [1.29, 1.82) is 0 Å². The first-order valence-electron chi connectivity index (χ1n) is 5.16. The summed E-state index contributed by atoms with van der Waals surface area (Å²) < 4.78 is 0. The number of carbonyl (C=O) groups excluding carboxylic acids is 1. The van der Waals surface area contributed by atoms with Crippen LogP contribution < -0.4 is 4.90 Å². The molecule has 0 saturated carbocycles. The molecule has 1 aliphatic rings. The van der Waals surface area contributed by atoms with E-state index in [1.807, 2.05) is 19.2 Å². The third-order valence-electron chi connectivity index (χ3n) is 2.72. The fraction of sp³-hybridized carbons (Fsp3) is 0.455. The maximum atomic E-state index is 10.5. The van der Waals surface area contributed by atoms with Gasteiger partial charge in [0.15, 0.2) is 0 Å². The molecule has 2 heterocycles. The van der Waals surface area contributed by atoms with Gasteiger partial charge in [-0.15, -0.1) is 0 Å². The molecule has 2 rings (SSSR count). The molecule has 80 valence electrons. The number of aryl methyl sites for hydroxylation is 1. The Hall–Kier alpha value is -1.58. The molecule has 1 aromatic heterocycles. The monoisotopic (exact) mass is 205 g/mol. The first kappa shape index (κ1) is 9.96. The highest BCUT2D eigenvalue weighted by atomic mass is 16.1. The van der Waals surface area contributed by atoms with Crippen LogP contribution in [0.3, 0.4) is 0 Å². The van der Waals surface area contributed by atoms with Crippen molar-refractivity contribution in [3.05, 3.63) is 24.0 Å². The Labute approximate surface area is 89.5 Å². The minimum absolute atomic E-state index is 0.803. The second kappa shape index (κ2) is 4.29. The lowest BCUT2D eigenvalue weighted by atomic mass is 10.2. The van der Waals surface area contributed by atoms with E-state index < -0.39 is 0 Å². The van der Waals surface area contributed by atoms with Crippen molar-refractivity contribution in [3.63, 3.8) is 0 Å². The van der Waals surface area contributed by atoms with E-state index in [2.05, 4.69) is 16.0 Å². The Morgan fingerprint density at radius 3 is 2.53 bits per heavy atom. The Kier molecular flexibility index (Phi) is 2.85. The van der Waals surface area contributed by atoms with Crippen LogP contribution >= 0.6 is 0 Å². The Morgan fingerprint density at radius 1 is 1.27 bits per heavy atom. The number of hydrogen-bond acceptors (Lipinski definition) is 3. The van der Waals surface area contributed by atoms with Crippen molar-refractivity contribution in [3.8, 4) is 0 Å². The third-order valence-corrected chi connectivity index (χ3v) is 2.72. The van der Waals surface area contributed by atoms with Crippen LogP contribution in [0.25, 0.3) is 0 Å². The molecule has 1 aliphatic heterocycles. The number of amides is 1. The molecule has 0 atom stereocenters. The van der Waals surface area contributed by atoms with Crippen LogP contribution in [-0.4, -0.2) is 42.5 Å². The van der Waals surface area contributed by atoms with Gasteiger partial charge in [0.05, 0.1) is 11.9 Å². The summed E-state index contributed by atoms with van der Waals surface area (Å²) in [6.45, 7) is 5.37. The number of nitrogens with zero attached hydrogens (tertiary/aromatic N) is 3. The fourth-order valence-corrected chi connectivity index (χ4v) is 1.73. The van der Waals surface area contributed by atoms with Gasteiger partial charge in [0, 0.05) is 31.9 Å². The van der Waals surface area contributed by atoms with Gasteiger partial charge in [-0.25, -0.2) is 0 Å². The van der Waals surface area contributed by atoms with Gasteiger partial charge in [0.25, 0.3) is 0 Å². The predicted octanol–water partition coefficient (Wildman–Crippen LogP) is 0.668. The summed E-state index contributed by atoms with van der Waals surface area (Å²) in [5.74, 6) is 0. The SMILES string of the molecule is Cc1ccc(N2CCN(C=O)CC2)cn1. The summed E-state index contributed by atoms with van der Waals surface area (Å²) in [4.78, 5) is 18.9. The topological polar surface area (TPSA) is 36.4 Å². The highest BCUT2D eigenvalue weighted by Gasteiger charge is 2.15. The van der Waals surface area contributed by atoms with E-state index in [-0.39, 0.29) is 0 Å². The molecule has 0 aromatic carbocycles. The molecule has 15 heavy (non-hydrogen) atoms.